The molecule has 0 N–H and O–H groups in total. The lowest BCUT2D eigenvalue weighted by Gasteiger charge is -2.27. The molecule has 0 radical (unpaired) electrons. The number of hydrogen-bond acceptors (Lipinski definition) is 4. The zero-order valence-electron chi connectivity index (χ0n) is 11.0. The van der Waals surface area contributed by atoms with E-state index in [0.29, 0.717) is 23.6 Å². The van der Waals surface area contributed by atoms with Gasteiger partial charge in [-0.1, -0.05) is 35.3 Å². The third-order valence-corrected chi connectivity index (χ3v) is 4.53. The van der Waals surface area contributed by atoms with E-state index in [1.807, 2.05) is 24.3 Å². The van der Waals surface area contributed by atoms with Gasteiger partial charge in [-0.05, 0) is 12.1 Å². The second-order valence-electron chi connectivity index (χ2n) is 4.95. The molecular formula is C15H11Cl2N3O. The summed E-state index contributed by atoms with van der Waals surface area (Å²) in [5, 5.41) is 2.38. The smallest absolute Gasteiger partial charge is 0.196 e. The van der Waals surface area contributed by atoms with E-state index in [1.165, 1.54) is 0 Å². The zero-order chi connectivity index (χ0) is 14.4. The molecule has 3 heterocycles. The van der Waals surface area contributed by atoms with Crippen molar-refractivity contribution in [2.45, 2.75) is 6.42 Å². The number of anilines is 1. The molecule has 0 bridgehead atoms. The van der Waals surface area contributed by atoms with Gasteiger partial charge in [0.25, 0.3) is 0 Å². The third-order valence-electron chi connectivity index (χ3n) is 3.66. The SMILES string of the molecule is ClC1=C(Cl)CN(c2ncnc3c2oc2ccccc23)CC1. The van der Waals surface area contributed by atoms with Crippen LogP contribution in [0, 0.1) is 0 Å². The predicted octanol–water partition coefficient (Wildman–Crippen LogP) is 4.28. The number of rotatable bonds is 1. The summed E-state index contributed by atoms with van der Waals surface area (Å²) >= 11 is 12.2. The van der Waals surface area contributed by atoms with Gasteiger partial charge in [-0.3, -0.25) is 0 Å². The highest BCUT2D eigenvalue weighted by Crippen LogP contribution is 2.34. The van der Waals surface area contributed by atoms with Crippen LogP contribution in [-0.4, -0.2) is 23.1 Å². The molecule has 106 valence electrons. The van der Waals surface area contributed by atoms with Crippen molar-refractivity contribution < 1.29 is 4.42 Å². The number of fused-ring (bicyclic) bond motifs is 3. The largest absolute Gasteiger partial charge is 0.450 e. The fraction of sp³-hybridized carbons (Fsp3) is 0.200. The fourth-order valence-electron chi connectivity index (χ4n) is 2.62. The lowest BCUT2D eigenvalue weighted by Crippen LogP contribution is -2.30. The topological polar surface area (TPSA) is 42.2 Å². The van der Waals surface area contributed by atoms with Crippen LogP contribution in [0.4, 0.5) is 5.82 Å². The Labute approximate surface area is 131 Å². The predicted molar refractivity (Wildman–Crippen MR) is 84.9 cm³/mol. The summed E-state index contributed by atoms with van der Waals surface area (Å²) in [7, 11) is 0. The molecule has 0 aliphatic carbocycles. The van der Waals surface area contributed by atoms with E-state index in [4.69, 9.17) is 27.6 Å². The summed E-state index contributed by atoms with van der Waals surface area (Å²) in [6.07, 6.45) is 2.28. The summed E-state index contributed by atoms with van der Waals surface area (Å²) in [6, 6.07) is 7.84. The van der Waals surface area contributed by atoms with E-state index in [2.05, 4.69) is 14.9 Å². The first-order chi connectivity index (χ1) is 10.2. The van der Waals surface area contributed by atoms with Gasteiger partial charge < -0.3 is 9.32 Å². The molecule has 0 fully saturated rings. The Morgan fingerprint density at radius 1 is 1.10 bits per heavy atom. The molecule has 2 aromatic heterocycles. The second kappa shape index (κ2) is 4.90. The Bertz CT molecular complexity index is 872. The van der Waals surface area contributed by atoms with Crippen LogP contribution >= 0.6 is 23.2 Å². The van der Waals surface area contributed by atoms with Crippen LogP contribution in [0.25, 0.3) is 22.1 Å². The van der Waals surface area contributed by atoms with Crippen molar-refractivity contribution in [3.05, 3.63) is 40.7 Å². The number of furan rings is 1. The highest BCUT2D eigenvalue weighted by atomic mass is 35.5. The van der Waals surface area contributed by atoms with Crippen molar-refractivity contribution in [3.8, 4) is 0 Å². The van der Waals surface area contributed by atoms with E-state index < -0.39 is 0 Å². The minimum Gasteiger partial charge on any atom is -0.450 e. The Morgan fingerprint density at radius 2 is 1.95 bits per heavy atom. The van der Waals surface area contributed by atoms with Gasteiger partial charge in [-0.25, -0.2) is 9.97 Å². The monoisotopic (exact) mass is 319 g/mol. The van der Waals surface area contributed by atoms with Crippen LogP contribution < -0.4 is 4.90 Å². The molecule has 0 atom stereocenters. The second-order valence-corrected chi connectivity index (χ2v) is 5.87. The summed E-state index contributed by atoms with van der Waals surface area (Å²) < 4.78 is 5.94. The molecule has 0 saturated carbocycles. The van der Waals surface area contributed by atoms with Crippen molar-refractivity contribution in [1.82, 2.24) is 9.97 Å². The fourth-order valence-corrected chi connectivity index (χ4v) is 3.00. The number of aromatic nitrogens is 2. The van der Waals surface area contributed by atoms with Crippen LogP contribution in [-0.2, 0) is 0 Å². The Kier molecular flexibility index (Phi) is 3.01. The molecule has 4 rings (SSSR count). The van der Waals surface area contributed by atoms with Crippen LogP contribution in [0.5, 0.6) is 0 Å². The molecule has 1 aliphatic heterocycles. The maximum Gasteiger partial charge on any atom is 0.196 e. The van der Waals surface area contributed by atoms with Crippen molar-refractivity contribution in [2.75, 3.05) is 18.0 Å². The van der Waals surface area contributed by atoms with Crippen LogP contribution in [0.15, 0.2) is 45.1 Å². The van der Waals surface area contributed by atoms with E-state index in [-0.39, 0.29) is 0 Å². The Hall–Kier alpha value is -1.78. The summed E-state index contributed by atoms with van der Waals surface area (Å²) in [6.45, 7) is 1.31. The van der Waals surface area contributed by atoms with Crippen molar-refractivity contribution >= 4 is 51.1 Å². The number of benzene rings is 1. The van der Waals surface area contributed by atoms with Gasteiger partial charge in [-0.15, -0.1) is 0 Å². The summed E-state index contributed by atoms with van der Waals surface area (Å²) in [4.78, 5) is 10.8. The van der Waals surface area contributed by atoms with Gasteiger partial charge in [0, 0.05) is 23.4 Å². The number of halogens is 2. The molecule has 1 aliphatic rings. The lowest BCUT2D eigenvalue weighted by molar-refractivity contribution is 0.659. The van der Waals surface area contributed by atoms with Crippen LogP contribution in [0.2, 0.25) is 0 Å². The molecule has 0 unspecified atom stereocenters. The van der Waals surface area contributed by atoms with Gasteiger partial charge in [-0.2, -0.15) is 0 Å². The first kappa shape index (κ1) is 12.9. The van der Waals surface area contributed by atoms with Gasteiger partial charge in [0.05, 0.1) is 11.6 Å². The first-order valence-corrected chi connectivity index (χ1v) is 7.40. The molecule has 0 amide bonds. The molecule has 21 heavy (non-hydrogen) atoms. The molecule has 1 aromatic carbocycles. The quantitative estimate of drug-likeness (QED) is 0.671. The van der Waals surface area contributed by atoms with Crippen LogP contribution in [0.3, 0.4) is 0 Å². The standard InChI is InChI=1S/C15H11Cl2N3O/c16-10-5-6-20(7-11(10)17)15-14-13(18-8-19-15)9-3-1-2-4-12(9)21-14/h1-4,8H,5-7H2. The van der Waals surface area contributed by atoms with Crippen molar-refractivity contribution in [1.29, 1.82) is 0 Å². The van der Waals surface area contributed by atoms with Crippen molar-refractivity contribution in [2.24, 2.45) is 0 Å². The third kappa shape index (κ3) is 2.06. The number of nitrogens with zero attached hydrogens (tertiary/aromatic N) is 3. The van der Waals surface area contributed by atoms with Gasteiger partial charge in [0.1, 0.15) is 17.4 Å². The van der Waals surface area contributed by atoms with E-state index >= 15 is 0 Å². The van der Waals surface area contributed by atoms with Gasteiger partial charge >= 0.3 is 0 Å². The average molecular weight is 320 g/mol. The van der Waals surface area contributed by atoms with Crippen LogP contribution in [0.1, 0.15) is 6.42 Å². The highest BCUT2D eigenvalue weighted by Gasteiger charge is 2.22. The van der Waals surface area contributed by atoms with Crippen molar-refractivity contribution in [3.63, 3.8) is 0 Å². The normalized spacial score (nSPS) is 16.2. The molecule has 3 aromatic rings. The molecule has 0 spiro atoms. The minimum absolute atomic E-state index is 0.545. The number of hydrogen-bond donors (Lipinski definition) is 0. The maximum atomic E-state index is 6.17. The molecular weight excluding hydrogens is 309 g/mol. The van der Waals surface area contributed by atoms with E-state index in [1.54, 1.807) is 6.33 Å². The molecule has 4 nitrogen and oxygen atoms in total. The Morgan fingerprint density at radius 3 is 2.81 bits per heavy atom. The van der Waals surface area contributed by atoms with E-state index in [9.17, 15) is 0 Å². The first-order valence-electron chi connectivity index (χ1n) is 6.64. The summed E-state index contributed by atoms with van der Waals surface area (Å²) in [5.41, 5.74) is 2.33. The highest BCUT2D eigenvalue weighted by molar-refractivity contribution is 6.39. The molecule has 6 heteroatoms. The zero-order valence-corrected chi connectivity index (χ0v) is 12.5. The Balaban J connectivity index is 1.90. The van der Waals surface area contributed by atoms with E-state index in [0.717, 1.165) is 33.9 Å². The minimum atomic E-state index is 0.545. The summed E-state index contributed by atoms with van der Waals surface area (Å²) in [5.74, 6) is 0.763. The van der Waals surface area contributed by atoms with Gasteiger partial charge in [0.15, 0.2) is 11.4 Å². The maximum absolute atomic E-state index is 6.17. The number of para-hydroxylation sites is 1. The molecule has 0 saturated heterocycles. The lowest BCUT2D eigenvalue weighted by atomic mass is 10.2. The van der Waals surface area contributed by atoms with Gasteiger partial charge in [0.2, 0.25) is 0 Å². The average Bonchev–Trinajstić information content (AvgIpc) is 2.89.